The summed E-state index contributed by atoms with van der Waals surface area (Å²) < 4.78 is 27.0. The van der Waals surface area contributed by atoms with Gasteiger partial charge in [0, 0.05) is 23.6 Å². The monoisotopic (exact) mass is 438 g/mol. The molecule has 0 amide bonds. The molecule has 0 bridgehead atoms. The number of furan rings is 1. The molecule has 1 aliphatic carbocycles. The molecular formula is C22H22N4O6. The van der Waals surface area contributed by atoms with Crippen molar-refractivity contribution in [3.63, 3.8) is 0 Å². The van der Waals surface area contributed by atoms with Crippen molar-refractivity contribution in [1.82, 2.24) is 10.3 Å². The fourth-order valence-electron chi connectivity index (χ4n) is 4.34. The van der Waals surface area contributed by atoms with Crippen molar-refractivity contribution >= 4 is 17.4 Å². The minimum Gasteiger partial charge on any atom is -0.493 e. The number of carbonyl (C=O) groups excluding carboxylic acids is 1. The number of aromatic nitrogens is 2. The number of benzene rings is 1. The quantitative estimate of drug-likeness (QED) is 0.610. The number of anilines is 2. The zero-order valence-electron chi connectivity index (χ0n) is 17.8. The number of fused-ring (bicyclic) bond motifs is 1. The van der Waals surface area contributed by atoms with Crippen LogP contribution in [0.4, 0.5) is 11.6 Å². The number of rotatable bonds is 5. The lowest BCUT2D eigenvalue weighted by Gasteiger charge is -2.29. The number of methoxy groups -OCH3 is 3. The molecule has 32 heavy (non-hydrogen) atoms. The maximum absolute atomic E-state index is 13.4. The van der Waals surface area contributed by atoms with Gasteiger partial charge in [-0.3, -0.25) is 4.79 Å². The number of carbonyl (C=O) groups is 1. The fourth-order valence-corrected chi connectivity index (χ4v) is 4.34. The minimum absolute atomic E-state index is 0.00602. The number of ether oxygens (including phenoxy) is 3. The fraction of sp³-hybridized carbons (Fsp3) is 0.318. The summed E-state index contributed by atoms with van der Waals surface area (Å²) in [5, 5.41) is 14.4. The molecule has 0 saturated carbocycles. The zero-order chi connectivity index (χ0) is 22.2. The molecule has 0 unspecified atom stereocenters. The molecule has 1 aliphatic heterocycles. The molecule has 0 spiro atoms. The Kier molecular flexibility index (Phi) is 4.96. The van der Waals surface area contributed by atoms with Gasteiger partial charge in [0.2, 0.25) is 17.4 Å². The van der Waals surface area contributed by atoms with Crippen molar-refractivity contribution in [2.45, 2.75) is 24.8 Å². The minimum atomic E-state index is -0.538. The summed E-state index contributed by atoms with van der Waals surface area (Å²) in [6.45, 7) is 0. The summed E-state index contributed by atoms with van der Waals surface area (Å²) in [7, 11) is 4.64. The third kappa shape index (κ3) is 3.24. The Labute approximate surface area is 183 Å². The van der Waals surface area contributed by atoms with Crippen LogP contribution in [0.1, 0.15) is 36.1 Å². The van der Waals surface area contributed by atoms with E-state index in [0.29, 0.717) is 47.3 Å². The summed E-state index contributed by atoms with van der Waals surface area (Å²) in [6, 6.07) is 6.80. The van der Waals surface area contributed by atoms with Crippen LogP contribution in [0, 0.1) is 0 Å². The second kappa shape index (κ2) is 7.95. The van der Waals surface area contributed by atoms with E-state index in [1.165, 1.54) is 0 Å². The van der Waals surface area contributed by atoms with Crippen LogP contribution in [0.15, 0.2) is 50.8 Å². The average Bonchev–Trinajstić information content (AvgIpc) is 3.47. The van der Waals surface area contributed by atoms with Gasteiger partial charge in [-0.1, -0.05) is 0 Å². The van der Waals surface area contributed by atoms with Crippen molar-refractivity contribution in [3.8, 4) is 17.2 Å². The molecular weight excluding hydrogens is 416 g/mol. The van der Waals surface area contributed by atoms with Gasteiger partial charge in [-0.15, -0.1) is 0 Å². The molecule has 166 valence electrons. The molecule has 5 rings (SSSR count). The molecule has 2 atom stereocenters. The van der Waals surface area contributed by atoms with E-state index >= 15 is 0 Å². The highest BCUT2D eigenvalue weighted by atomic mass is 16.6. The topological polar surface area (TPSA) is 121 Å². The Balaban J connectivity index is 1.64. The summed E-state index contributed by atoms with van der Waals surface area (Å²) in [6.07, 6.45) is 2.51. The van der Waals surface area contributed by atoms with E-state index in [4.69, 9.17) is 23.3 Å². The van der Waals surface area contributed by atoms with Gasteiger partial charge in [0.25, 0.3) is 0 Å². The number of hydrogen-bond donors (Lipinski definition) is 2. The Hall–Kier alpha value is -3.95. The van der Waals surface area contributed by atoms with E-state index in [9.17, 15) is 4.79 Å². The molecule has 0 saturated heterocycles. The summed E-state index contributed by atoms with van der Waals surface area (Å²) in [4.78, 5) is 13.4. The molecule has 3 heterocycles. The van der Waals surface area contributed by atoms with Crippen molar-refractivity contribution in [2.24, 2.45) is 0 Å². The average molecular weight is 438 g/mol. The lowest BCUT2D eigenvalue weighted by molar-refractivity contribution is -0.116. The Bertz CT molecular complexity index is 1160. The van der Waals surface area contributed by atoms with E-state index in [1.54, 1.807) is 27.6 Å². The van der Waals surface area contributed by atoms with Crippen LogP contribution in [-0.2, 0) is 4.79 Å². The second-order valence-electron chi connectivity index (χ2n) is 7.56. The van der Waals surface area contributed by atoms with Gasteiger partial charge in [-0.25, -0.2) is 4.63 Å². The number of allylic oxidation sites excluding steroid dienone is 1. The lowest BCUT2D eigenvalue weighted by Crippen LogP contribution is -2.27. The summed E-state index contributed by atoms with van der Waals surface area (Å²) >= 11 is 0. The van der Waals surface area contributed by atoms with Crippen molar-refractivity contribution in [2.75, 3.05) is 32.0 Å². The molecule has 10 heteroatoms. The summed E-state index contributed by atoms with van der Waals surface area (Å²) in [5.74, 6) is 2.94. The molecule has 10 nitrogen and oxygen atoms in total. The normalized spacial score (nSPS) is 19.9. The number of ketones is 1. The van der Waals surface area contributed by atoms with Crippen molar-refractivity contribution in [3.05, 3.63) is 53.1 Å². The standard InChI is InChI=1S/C22H22N4O6/c1-28-16-9-12(10-17(29-2)20(16)30-3)19-18-13(23-21-22(24-19)26-32-25-21)7-11(8-14(18)27)15-5-4-6-31-15/h4-6,9-11,19H,7-8H2,1-3H3,(H,23,25)(H,24,26)/t11-,19+/m0/s1. The second-order valence-corrected chi connectivity index (χ2v) is 7.56. The predicted octanol–water partition coefficient (Wildman–Crippen LogP) is 3.67. The van der Waals surface area contributed by atoms with Gasteiger partial charge in [-0.05, 0) is 46.6 Å². The Morgan fingerprint density at radius 1 is 1.03 bits per heavy atom. The van der Waals surface area contributed by atoms with Crippen LogP contribution in [0.3, 0.4) is 0 Å². The van der Waals surface area contributed by atoms with E-state index in [1.807, 2.05) is 24.3 Å². The molecule has 2 aliphatic rings. The number of nitrogens with zero attached hydrogens (tertiary/aromatic N) is 2. The molecule has 3 aromatic rings. The number of hydrogen-bond acceptors (Lipinski definition) is 10. The van der Waals surface area contributed by atoms with Gasteiger partial charge < -0.3 is 29.3 Å². The first-order valence-corrected chi connectivity index (χ1v) is 10.1. The number of nitrogens with one attached hydrogen (secondary N) is 2. The van der Waals surface area contributed by atoms with Crippen LogP contribution in [-0.4, -0.2) is 37.4 Å². The molecule has 2 aromatic heterocycles. The zero-order valence-corrected chi connectivity index (χ0v) is 17.8. The first-order valence-electron chi connectivity index (χ1n) is 10.1. The third-order valence-electron chi connectivity index (χ3n) is 5.80. The van der Waals surface area contributed by atoms with Crippen molar-refractivity contribution < 1.29 is 28.1 Å². The van der Waals surface area contributed by atoms with Crippen LogP contribution in [0.5, 0.6) is 17.2 Å². The first-order chi connectivity index (χ1) is 15.6. The first kappa shape index (κ1) is 20.0. The smallest absolute Gasteiger partial charge is 0.219 e. The van der Waals surface area contributed by atoms with Gasteiger partial charge in [0.05, 0.1) is 33.6 Å². The maximum atomic E-state index is 13.4. The highest BCUT2D eigenvalue weighted by molar-refractivity contribution is 6.00. The van der Waals surface area contributed by atoms with Gasteiger partial charge >= 0.3 is 0 Å². The highest BCUT2D eigenvalue weighted by Gasteiger charge is 2.38. The van der Waals surface area contributed by atoms with E-state index in [2.05, 4.69) is 20.9 Å². The van der Waals surface area contributed by atoms with E-state index in [-0.39, 0.29) is 11.7 Å². The summed E-state index contributed by atoms with van der Waals surface area (Å²) in [5.41, 5.74) is 2.08. The van der Waals surface area contributed by atoms with Crippen molar-refractivity contribution in [1.29, 1.82) is 0 Å². The largest absolute Gasteiger partial charge is 0.493 e. The van der Waals surface area contributed by atoms with E-state index in [0.717, 1.165) is 17.0 Å². The predicted molar refractivity (Wildman–Crippen MR) is 113 cm³/mol. The van der Waals surface area contributed by atoms with Crippen LogP contribution >= 0.6 is 0 Å². The van der Waals surface area contributed by atoms with Gasteiger partial charge in [0.1, 0.15) is 5.76 Å². The Morgan fingerprint density at radius 3 is 2.44 bits per heavy atom. The molecule has 0 fully saturated rings. The maximum Gasteiger partial charge on any atom is 0.219 e. The lowest BCUT2D eigenvalue weighted by atomic mass is 9.80. The molecule has 2 N–H and O–H groups in total. The number of Topliss-reactive ketones (excluding diaryl/α,β-unsaturated/α-hetero) is 1. The van der Waals surface area contributed by atoms with Gasteiger partial charge in [-0.2, -0.15) is 0 Å². The highest BCUT2D eigenvalue weighted by Crippen LogP contribution is 2.46. The third-order valence-corrected chi connectivity index (χ3v) is 5.80. The molecule has 0 radical (unpaired) electrons. The van der Waals surface area contributed by atoms with Crippen LogP contribution < -0.4 is 24.8 Å². The van der Waals surface area contributed by atoms with E-state index < -0.39 is 6.04 Å². The van der Waals surface area contributed by atoms with Crippen LogP contribution in [0.25, 0.3) is 0 Å². The molecule has 1 aromatic carbocycles. The van der Waals surface area contributed by atoms with Gasteiger partial charge in [0.15, 0.2) is 17.3 Å². The SMILES string of the molecule is COc1cc([C@H]2Nc3nonc3NC3=C2C(=O)C[C@@H](c2ccco2)C3)cc(OC)c1OC. The van der Waals surface area contributed by atoms with Crippen LogP contribution in [0.2, 0.25) is 0 Å². The Morgan fingerprint density at radius 2 is 1.78 bits per heavy atom.